The first kappa shape index (κ1) is 19.7. The summed E-state index contributed by atoms with van der Waals surface area (Å²) in [5.74, 6) is -0.307. The SMILES string of the molecule is O=C(NN=Cc1cn(-c2ccccc2)nc1-c1cc2ccccc2oc1=O)c1cccs1. The predicted molar refractivity (Wildman–Crippen MR) is 124 cm³/mol. The van der Waals surface area contributed by atoms with Gasteiger partial charge in [0.05, 0.1) is 22.3 Å². The van der Waals surface area contributed by atoms with E-state index in [1.165, 1.54) is 17.6 Å². The molecular formula is C24H16N4O3S. The second-order valence-electron chi connectivity index (χ2n) is 6.87. The van der Waals surface area contributed by atoms with E-state index in [1.807, 2.05) is 53.9 Å². The number of hydrazone groups is 1. The van der Waals surface area contributed by atoms with Gasteiger partial charge >= 0.3 is 5.63 Å². The predicted octanol–water partition coefficient (Wildman–Crippen LogP) is 4.47. The molecule has 0 unspecified atom stereocenters. The van der Waals surface area contributed by atoms with Gasteiger partial charge in [0.25, 0.3) is 5.91 Å². The zero-order valence-electron chi connectivity index (χ0n) is 16.6. The molecule has 1 N–H and O–H groups in total. The van der Waals surface area contributed by atoms with Crippen LogP contribution in [-0.4, -0.2) is 21.9 Å². The number of thiophene rings is 1. The Morgan fingerprint density at radius 3 is 2.69 bits per heavy atom. The third-order valence-corrected chi connectivity index (χ3v) is 5.64. The van der Waals surface area contributed by atoms with Crippen LogP contribution in [0.15, 0.2) is 98.7 Å². The van der Waals surface area contributed by atoms with Crippen molar-refractivity contribution in [2.45, 2.75) is 0 Å². The van der Waals surface area contributed by atoms with Crippen molar-refractivity contribution in [2.24, 2.45) is 5.10 Å². The smallest absolute Gasteiger partial charge is 0.345 e. The van der Waals surface area contributed by atoms with Gasteiger partial charge in [-0.25, -0.2) is 14.9 Å². The number of nitrogens with one attached hydrogen (secondary N) is 1. The van der Waals surface area contributed by atoms with Crippen LogP contribution in [0.5, 0.6) is 0 Å². The summed E-state index contributed by atoms with van der Waals surface area (Å²) in [5, 5.41) is 11.3. The van der Waals surface area contributed by atoms with E-state index in [4.69, 9.17) is 4.42 Å². The van der Waals surface area contributed by atoms with Gasteiger partial charge in [-0.15, -0.1) is 11.3 Å². The minimum Gasteiger partial charge on any atom is -0.422 e. The minimum absolute atomic E-state index is 0.307. The molecule has 32 heavy (non-hydrogen) atoms. The standard InChI is InChI=1S/C24H16N4O3S/c29-23(21-11-6-12-32-21)26-25-14-17-15-28(18-8-2-1-3-9-18)27-22(17)19-13-16-7-4-5-10-20(16)31-24(19)30/h1-15H,(H,26,29). The Hall–Kier alpha value is -4.30. The highest BCUT2D eigenvalue weighted by atomic mass is 32.1. The maximum Gasteiger partial charge on any atom is 0.345 e. The molecule has 8 heteroatoms. The third kappa shape index (κ3) is 3.86. The van der Waals surface area contributed by atoms with E-state index >= 15 is 0 Å². The first-order chi connectivity index (χ1) is 15.7. The fraction of sp³-hybridized carbons (Fsp3) is 0. The maximum atomic E-state index is 12.7. The monoisotopic (exact) mass is 440 g/mol. The van der Waals surface area contributed by atoms with E-state index in [2.05, 4.69) is 15.6 Å². The first-order valence-corrected chi connectivity index (χ1v) is 10.6. The van der Waals surface area contributed by atoms with Crippen LogP contribution < -0.4 is 11.1 Å². The molecule has 7 nitrogen and oxygen atoms in total. The van der Waals surface area contributed by atoms with E-state index < -0.39 is 5.63 Å². The maximum absolute atomic E-state index is 12.7. The van der Waals surface area contributed by atoms with Gasteiger partial charge in [0.1, 0.15) is 11.3 Å². The molecule has 0 aliphatic heterocycles. The van der Waals surface area contributed by atoms with Gasteiger partial charge in [0, 0.05) is 17.1 Å². The largest absolute Gasteiger partial charge is 0.422 e. The molecule has 0 aliphatic rings. The van der Waals surface area contributed by atoms with E-state index in [9.17, 15) is 9.59 Å². The lowest BCUT2D eigenvalue weighted by Crippen LogP contribution is -2.16. The molecule has 0 spiro atoms. The van der Waals surface area contributed by atoms with Crippen LogP contribution in [0.25, 0.3) is 27.9 Å². The summed E-state index contributed by atoms with van der Waals surface area (Å²) < 4.78 is 7.15. The Kier molecular flexibility index (Phi) is 5.19. The topological polar surface area (TPSA) is 89.5 Å². The summed E-state index contributed by atoms with van der Waals surface area (Å²) in [7, 11) is 0. The van der Waals surface area contributed by atoms with Gasteiger partial charge < -0.3 is 4.42 Å². The molecule has 5 aromatic rings. The fourth-order valence-corrected chi connectivity index (χ4v) is 3.87. The Morgan fingerprint density at radius 2 is 1.88 bits per heavy atom. The van der Waals surface area contributed by atoms with Crippen molar-refractivity contribution in [3.63, 3.8) is 0 Å². The summed E-state index contributed by atoms with van der Waals surface area (Å²) in [5.41, 5.74) is 4.60. The van der Waals surface area contributed by atoms with Crippen LogP contribution in [0.2, 0.25) is 0 Å². The van der Waals surface area contributed by atoms with Crippen molar-refractivity contribution in [3.05, 3.63) is 105 Å². The Balaban J connectivity index is 1.57. The number of carbonyl (C=O) groups excluding carboxylic acids is 1. The highest BCUT2D eigenvalue weighted by molar-refractivity contribution is 7.12. The molecule has 0 saturated carbocycles. The normalized spacial score (nSPS) is 11.2. The highest BCUT2D eigenvalue weighted by Crippen LogP contribution is 2.23. The second-order valence-corrected chi connectivity index (χ2v) is 7.82. The summed E-state index contributed by atoms with van der Waals surface area (Å²) in [6, 6.07) is 22.1. The van der Waals surface area contributed by atoms with Crippen LogP contribution in [-0.2, 0) is 0 Å². The zero-order valence-corrected chi connectivity index (χ0v) is 17.5. The number of benzene rings is 2. The number of para-hydroxylation sites is 2. The van der Waals surface area contributed by atoms with Crippen molar-refractivity contribution >= 4 is 34.4 Å². The zero-order chi connectivity index (χ0) is 21.9. The summed E-state index contributed by atoms with van der Waals surface area (Å²) >= 11 is 1.33. The molecule has 156 valence electrons. The first-order valence-electron chi connectivity index (χ1n) is 9.74. The van der Waals surface area contributed by atoms with Gasteiger partial charge in [-0.2, -0.15) is 10.2 Å². The van der Waals surface area contributed by atoms with Gasteiger partial charge in [0.2, 0.25) is 0 Å². The van der Waals surface area contributed by atoms with Crippen LogP contribution in [0.1, 0.15) is 15.2 Å². The van der Waals surface area contributed by atoms with Crippen LogP contribution in [0, 0.1) is 0 Å². The lowest BCUT2D eigenvalue weighted by Gasteiger charge is -2.01. The van der Waals surface area contributed by atoms with Crippen molar-refractivity contribution in [2.75, 3.05) is 0 Å². The Morgan fingerprint density at radius 1 is 1.06 bits per heavy atom. The second kappa shape index (κ2) is 8.44. The van der Waals surface area contributed by atoms with Crippen LogP contribution in [0.4, 0.5) is 0 Å². The number of fused-ring (bicyclic) bond motifs is 1. The number of hydrogen-bond donors (Lipinski definition) is 1. The quantitative estimate of drug-likeness (QED) is 0.248. The van der Waals surface area contributed by atoms with E-state index in [-0.39, 0.29) is 5.91 Å². The number of rotatable bonds is 5. The highest BCUT2D eigenvalue weighted by Gasteiger charge is 2.16. The lowest BCUT2D eigenvalue weighted by molar-refractivity contribution is 0.0959. The summed E-state index contributed by atoms with van der Waals surface area (Å²) in [6.07, 6.45) is 3.22. The molecule has 1 amide bonds. The van der Waals surface area contributed by atoms with Gasteiger partial charge in [-0.1, -0.05) is 42.5 Å². The molecular weight excluding hydrogens is 424 g/mol. The van der Waals surface area contributed by atoms with E-state index in [0.717, 1.165) is 11.1 Å². The number of amides is 1. The summed E-state index contributed by atoms with van der Waals surface area (Å²) in [6.45, 7) is 0. The molecule has 5 rings (SSSR count). The van der Waals surface area contributed by atoms with Crippen LogP contribution >= 0.6 is 11.3 Å². The third-order valence-electron chi connectivity index (χ3n) is 4.77. The lowest BCUT2D eigenvalue weighted by atomic mass is 10.1. The molecule has 3 aromatic heterocycles. The van der Waals surface area contributed by atoms with Crippen molar-refractivity contribution in [1.29, 1.82) is 0 Å². The number of carbonyl (C=O) groups is 1. The average Bonchev–Trinajstić information content (AvgIpc) is 3.50. The minimum atomic E-state index is -0.501. The molecule has 0 radical (unpaired) electrons. The Labute approximate surface area is 186 Å². The van der Waals surface area contributed by atoms with Gasteiger partial charge in [-0.05, 0) is 35.7 Å². The molecule has 0 atom stereocenters. The number of aromatic nitrogens is 2. The van der Waals surface area contributed by atoms with E-state index in [1.54, 1.807) is 35.1 Å². The van der Waals surface area contributed by atoms with Gasteiger partial charge in [-0.3, -0.25) is 4.79 Å². The van der Waals surface area contributed by atoms with Crippen molar-refractivity contribution in [3.8, 4) is 16.9 Å². The summed E-state index contributed by atoms with van der Waals surface area (Å²) in [4.78, 5) is 25.5. The molecule has 0 bridgehead atoms. The molecule has 0 fully saturated rings. The molecule has 0 aliphatic carbocycles. The van der Waals surface area contributed by atoms with Crippen LogP contribution in [0.3, 0.4) is 0 Å². The molecule has 0 saturated heterocycles. The fourth-order valence-electron chi connectivity index (χ4n) is 3.25. The van der Waals surface area contributed by atoms with Crippen molar-refractivity contribution < 1.29 is 9.21 Å². The van der Waals surface area contributed by atoms with E-state index in [0.29, 0.717) is 27.3 Å². The number of hydrogen-bond acceptors (Lipinski definition) is 6. The molecule has 2 aromatic carbocycles. The van der Waals surface area contributed by atoms with Crippen molar-refractivity contribution in [1.82, 2.24) is 15.2 Å². The average molecular weight is 440 g/mol. The number of nitrogens with zero attached hydrogens (tertiary/aromatic N) is 3. The molecule has 3 heterocycles. The van der Waals surface area contributed by atoms with Gasteiger partial charge in [0.15, 0.2) is 0 Å². The Bertz CT molecular complexity index is 1490.